The van der Waals surface area contributed by atoms with Crippen molar-refractivity contribution in [1.82, 2.24) is 9.97 Å². The fourth-order valence-corrected chi connectivity index (χ4v) is 4.40. The number of hydrogen-bond donors (Lipinski definition) is 0. The van der Waals surface area contributed by atoms with Crippen molar-refractivity contribution in [3.05, 3.63) is 72.6 Å². The van der Waals surface area contributed by atoms with Gasteiger partial charge in [0.25, 0.3) is 0 Å². The molecule has 8 nitrogen and oxygen atoms in total. The number of benzene rings is 1. The normalized spacial score (nSPS) is 21.9. The maximum atomic E-state index is 5.97. The molecule has 0 saturated carbocycles. The van der Waals surface area contributed by atoms with Crippen LogP contribution in [-0.4, -0.2) is 49.4 Å². The highest BCUT2D eigenvalue weighted by atomic mass is 16.5. The number of hydrogen-bond acceptors (Lipinski definition) is 8. The Kier molecular flexibility index (Phi) is 5.01. The van der Waals surface area contributed by atoms with Gasteiger partial charge in [-0.15, -0.1) is 0 Å². The monoisotopic (exact) mass is 432 g/mol. The fourth-order valence-electron chi connectivity index (χ4n) is 4.40. The molecule has 8 heteroatoms. The second kappa shape index (κ2) is 8.29. The quantitative estimate of drug-likeness (QED) is 0.479. The number of morpholine rings is 2. The van der Waals surface area contributed by atoms with Crippen LogP contribution in [0.15, 0.2) is 69.9 Å². The van der Waals surface area contributed by atoms with Crippen LogP contribution >= 0.6 is 0 Å². The van der Waals surface area contributed by atoms with E-state index in [-0.39, 0.29) is 12.2 Å². The summed E-state index contributed by atoms with van der Waals surface area (Å²) in [6.45, 7) is 4.00. The molecule has 2 fully saturated rings. The molecule has 32 heavy (non-hydrogen) atoms. The highest BCUT2D eigenvalue weighted by molar-refractivity contribution is 5.90. The molecule has 3 aromatic heterocycles. The second-order valence-electron chi connectivity index (χ2n) is 8.01. The van der Waals surface area contributed by atoms with E-state index in [1.807, 2.05) is 42.5 Å². The van der Waals surface area contributed by atoms with Gasteiger partial charge in [-0.3, -0.25) is 0 Å². The largest absolute Gasteiger partial charge is 0.467 e. The Morgan fingerprint density at radius 3 is 2.06 bits per heavy atom. The SMILES string of the molecule is c1coc(C2CN(c3nc(N4CCOC(c5ccco5)C4)c4ccccc4n3)CCO2)c1. The summed E-state index contributed by atoms with van der Waals surface area (Å²) in [5.41, 5.74) is 0.926. The van der Waals surface area contributed by atoms with Gasteiger partial charge in [0, 0.05) is 18.5 Å². The Bertz CT molecular complexity index is 1180. The lowest BCUT2D eigenvalue weighted by Crippen LogP contribution is -2.41. The molecular weight excluding hydrogens is 408 g/mol. The van der Waals surface area contributed by atoms with E-state index in [2.05, 4.69) is 15.9 Å². The molecule has 0 N–H and O–H groups in total. The first kappa shape index (κ1) is 19.3. The number of nitrogens with zero attached hydrogens (tertiary/aromatic N) is 4. The first-order valence-electron chi connectivity index (χ1n) is 10.9. The van der Waals surface area contributed by atoms with E-state index in [1.54, 1.807) is 12.5 Å². The molecule has 2 unspecified atom stereocenters. The van der Waals surface area contributed by atoms with Crippen molar-refractivity contribution < 1.29 is 18.3 Å². The van der Waals surface area contributed by atoms with E-state index >= 15 is 0 Å². The Labute approximate surface area is 185 Å². The zero-order valence-electron chi connectivity index (χ0n) is 17.6. The Hall–Kier alpha value is -3.36. The van der Waals surface area contributed by atoms with Gasteiger partial charge in [0.1, 0.15) is 29.5 Å². The van der Waals surface area contributed by atoms with Crippen molar-refractivity contribution >= 4 is 22.7 Å². The minimum absolute atomic E-state index is 0.123. The third kappa shape index (κ3) is 3.61. The minimum Gasteiger partial charge on any atom is -0.467 e. The summed E-state index contributed by atoms with van der Waals surface area (Å²) in [6.07, 6.45) is 3.10. The molecule has 164 valence electrons. The van der Waals surface area contributed by atoms with Gasteiger partial charge in [-0.05, 0) is 36.4 Å². The highest BCUT2D eigenvalue weighted by Crippen LogP contribution is 2.32. The van der Waals surface area contributed by atoms with Gasteiger partial charge >= 0.3 is 0 Å². The van der Waals surface area contributed by atoms with E-state index in [0.29, 0.717) is 32.3 Å². The molecule has 2 atom stereocenters. The molecule has 5 heterocycles. The van der Waals surface area contributed by atoms with E-state index in [9.17, 15) is 0 Å². The van der Waals surface area contributed by atoms with E-state index < -0.39 is 0 Å². The fraction of sp³-hybridized carbons (Fsp3) is 0.333. The molecule has 0 bridgehead atoms. The molecule has 0 radical (unpaired) electrons. The average Bonchev–Trinajstić information content (AvgIpc) is 3.58. The molecule has 0 amide bonds. The molecule has 6 rings (SSSR count). The smallest absolute Gasteiger partial charge is 0.228 e. The molecule has 0 aliphatic carbocycles. The number of anilines is 2. The lowest BCUT2D eigenvalue weighted by atomic mass is 10.1. The van der Waals surface area contributed by atoms with Crippen LogP contribution in [0.1, 0.15) is 23.7 Å². The molecule has 2 aliphatic rings. The zero-order valence-corrected chi connectivity index (χ0v) is 17.6. The van der Waals surface area contributed by atoms with Crippen LogP contribution in [0.4, 0.5) is 11.8 Å². The van der Waals surface area contributed by atoms with Gasteiger partial charge in [-0.2, -0.15) is 4.98 Å². The van der Waals surface area contributed by atoms with Gasteiger partial charge in [0.05, 0.1) is 44.3 Å². The Morgan fingerprint density at radius 1 is 0.719 bits per heavy atom. The maximum Gasteiger partial charge on any atom is 0.228 e. The van der Waals surface area contributed by atoms with Crippen molar-refractivity contribution in [2.75, 3.05) is 49.2 Å². The van der Waals surface area contributed by atoms with Crippen LogP contribution in [0, 0.1) is 0 Å². The highest BCUT2D eigenvalue weighted by Gasteiger charge is 2.29. The molecule has 2 aliphatic heterocycles. The number of fused-ring (bicyclic) bond motifs is 1. The first-order chi connectivity index (χ1) is 15.8. The van der Waals surface area contributed by atoms with Gasteiger partial charge in [0.2, 0.25) is 5.95 Å². The summed E-state index contributed by atoms with van der Waals surface area (Å²) >= 11 is 0. The lowest BCUT2D eigenvalue weighted by Gasteiger charge is -2.35. The van der Waals surface area contributed by atoms with Crippen LogP contribution in [0.3, 0.4) is 0 Å². The number of rotatable bonds is 4. The lowest BCUT2D eigenvalue weighted by molar-refractivity contribution is 0.0248. The molecule has 1 aromatic carbocycles. The Morgan fingerprint density at radius 2 is 1.38 bits per heavy atom. The number of furan rings is 2. The summed E-state index contributed by atoms with van der Waals surface area (Å²) in [4.78, 5) is 14.4. The summed E-state index contributed by atoms with van der Waals surface area (Å²) in [5.74, 6) is 3.29. The summed E-state index contributed by atoms with van der Waals surface area (Å²) < 4.78 is 23.1. The second-order valence-corrected chi connectivity index (χ2v) is 8.01. The summed E-state index contributed by atoms with van der Waals surface area (Å²) in [5, 5.41) is 1.03. The van der Waals surface area contributed by atoms with Crippen molar-refractivity contribution in [2.45, 2.75) is 12.2 Å². The summed E-state index contributed by atoms with van der Waals surface area (Å²) in [7, 11) is 0. The van der Waals surface area contributed by atoms with E-state index in [4.69, 9.17) is 28.3 Å². The first-order valence-corrected chi connectivity index (χ1v) is 10.9. The molecular formula is C24H24N4O4. The number of para-hydroxylation sites is 1. The minimum atomic E-state index is -0.135. The summed E-state index contributed by atoms with van der Waals surface area (Å²) in [6, 6.07) is 15.8. The predicted octanol–water partition coefficient (Wildman–Crippen LogP) is 3.97. The Balaban J connectivity index is 1.34. The number of aromatic nitrogens is 2. The van der Waals surface area contributed by atoms with Crippen LogP contribution in [0.2, 0.25) is 0 Å². The maximum absolute atomic E-state index is 5.97. The van der Waals surface area contributed by atoms with Crippen LogP contribution < -0.4 is 9.80 Å². The van der Waals surface area contributed by atoms with E-state index in [1.165, 1.54) is 0 Å². The van der Waals surface area contributed by atoms with Crippen molar-refractivity contribution in [2.24, 2.45) is 0 Å². The van der Waals surface area contributed by atoms with Crippen molar-refractivity contribution in [1.29, 1.82) is 0 Å². The molecule has 0 spiro atoms. The van der Waals surface area contributed by atoms with Gasteiger partial charge < -0.3 is 28.1 Å². The van der Waals surface area contributed by atoms with Gasteiger partial charge in [-0.1, -0.05) is 12.1 Å². The van der Waals surface area contributed by atoms with Crippen LogP contribution in [0.25, 0.3) is 10.9 Å². The molecule has 2 saturated heterocycles. The van der Waals surface area contributed by atoms with Crippen LogP contribution in [-0.2, 0) is 9.47 Å². The van der Waals surface area contributed by atoms with Crippen LogP contribution in [0.5, 0.6) is 0 Å². The predicted molar refractivity (Wildman–Crippen MR) is 119 cm³/mol. The third-order valence-corrected chi connectivity index (χ3v) is 6.01. The zero-order chi connectivity index (χ0) is 21.3. The standard InChI is InChI=1S/C24H24N4O4/c1-2-6-18-17(5-1)23(27-9-13-31-21(15-27)19-7-3-11-29-19)26-24(25-18)28-10-14-32-22(16-28)20-8-4-12-30-20/h1-8,11-12,21-22H,9-10,13-16H2. The number of ether oxygens (including phenoxy) is 2. The van der Waals surface area contributed by atoms with Gasteiger partial charge in [0.15, 0.2) is 0 Å². The average molecular weight is 432 g/mol. The van der Waals surface area contributed by atoms with Crippen molar-refractivity contribution in [3.63, 3.8) is 0 Å². The molecule has 4 aromatic rings. The van der Waals surface area contributed by atoms with Gasteiger partial charge in [-0.25, -0.2) is 4.98 Å². The topological polar surface area (TPSA) is 77.0 Å². The van der Waals surface area contributed by atoms with Crippen molar-refractivity contribution in [3.8, 4) is 0 Å². The third-order valence-electron chi connectivity index (χ3n) is 6.01. The van der Waals surface area contributed by atoms with E-state index in [0.717, 1.165) is 41.3 Å².